The van der Waals surface area contributed by atoms with Gasteiger partial charge in [-0.2, -0.15) is 0 Å². The van der Waals surface area contributed by atoms with Crippen molar-refractivity contribution in [1.29, 1.82) is 0 Å². The smallest absolute Gasteiger partial charge is 0.334 e. The lowest BCUT2D eigenvalue weighted by Gasteiger charge is -2.22. The molecule has 30 heavy (non-hydrogen) atoms. The second-order valence-corrected chi connectivity index (χ2v) is 7.04. The molecule has 1 aliphatic heterocycles. The maximum absolute atomic E-state index is 12.9. The maximum Gasteiger partial charge on any atom is 0.355 e. The van der Waals surface area contributed by atoms with Gasteiger partial charge in [-0.25, -0.2) is 14.0 Å². The number of hydrogen-bond acceptors (Lipinski definition) is 5. The van der Waals surface area contributed by atoms with E-state index in [-0.39, 0.29) is 29.4 Å². The number of nitrogens with zero attached hydrogens (tertiary/aromatic N) is 1. The second-order valence-electron chi connectivity index (χ2n) is 7.04. The lowest BCUT2D eigenvalue weighted by Crippen LogP contribution is -2.51. The number of hydroxylamine groups is 2. The zero-order chi connectivity index (χ0) is 21.8. The molecule has 1 aliphatic rings. The van der Waals surface area contributed by atoms with Crippen LogP contribution < -0.4 is 10.6 Å². The van der Waals surface area contributed by atoms with E-state index in [9.17, 15) is 23.6 Å². The van der Waals surface area contributed by atoms with E-state index in [0.717, 1.165) is 0 Å². The van der Waals surface area contributed by atoms with Crippen molar-refractivity contribution < 1.29 is 28.4 Å². The number of imide groups is 1. The first-order valence-electron chi connectivity index (χ1n) is 9.26. The van der Waals surface area contributed by atoms with E-state index in [1.54, 1.807) is 26.0 Å². The molecule has 156 valence electrons. The van der Waals surface area contributed by atoms with Crippen LogP contribution in [-0.2, 0) is 16.2 Å². The number of amides is 4. The molecule has 0 radical (unpaired) electrons. The van der Waals surface area contributed by atoms with E-state index >= 15 is 0 Å². The number of carbonyl (C=O) groups is 4. The molecule has 9 heteroatoms. The Kier molecular flexibility index (Phi) is 6.10. The Morgan fingerprint density at radius 3 is 2.10 bits per heavy atom. The Labute approximate surface area is 172 Å². The Balaban J connectivity index is 1.61. The number of halogens is 1. The number of rotatable bonds is 6. The van der Waals surface area contributed by atoms with Crippen molar-refractivity contribution in [2.45, 2.75) is 26.4 Å². The van der Waals surface area contributed by atoms with Crippen LogP contribution in [0.4, 0.5) is 9.18 Å². The van der Waals surface area contributed by atoms with Crippen LogP contribution in [0.15, 0.2) is 48.5 Å². The normalized spacial score (nSPS) is 13.8. The highest BCUT2D eigenvalue weighted by Crippen LogP contribution is 2.23. The van der Waals surface area contributed by atoms with Gasteiger partial charge in [0, 0.05) is 6.54 Å². The summed E-state index contributed by atoms with van der Waals surface area (Å²) < 4.78 is 12.9. The molecule has 2 aromatic rings. The molecular weight excluding hydrogens is 393 g/mol. The lowest BCUT2D eigenvalue weighted by molar-refractivity contribution is -0.172. The molecular formula is C21H20FN3O5. The van der Waals surface area contributed by atoms with Gasteiger partial charge >= 0.3 is 12.0 Å². The first-order chi connectivity index (χ1) is 14.3. The van der Waals surface area contributed by atoms with Crippen LogP contribution in [0.2, 0.25) is 0 Å². The third kappa shape index (κ3) is 4.45. The van der Waals surface area contributed by atoms with E-state index < -0.39 is 29.9 Å². The fourth-order valence-electron chi connectivity index (χ4n) is 2.87. The molecule has 8 nitrogen and oxygen atoms in total. The highest BCUT2D eigenvalue weighted by molar-refractivity contribution is 6.20. The third-order valence-electron chi connectivity index (χ3n) is 4.51. The van der Waals surface area contributed by atoms with Gasteiger partial charge in [-0.3, -0.25) is 9.59 Å². The molecule has 3 rings (SSSR count). The summed E-state index contributed by atoms with van der Waals surface area (Å²) in [5.74, 6) is -3.21. The van der Waals surface area contributed by atoms with Crippen LogP contribution in [0.5, 0.6) is 0 Å². The highest BCUT2D eigenvalue weighted by atomic mass is 19.1. The Bertz CT molecular complexity index is 955. The van der Waals surface area contributed by atoms with Crippen molar-refractivity contribution in [2.75, 3.05) is 0 Å². The van der Waals surface area contributed by atoms with E-state index in [1.165, 1.54) is 36.4 Å². The van der Waals surface area contributed by atoms with Gasteiger partial charge in [0.25, 0.3) is 11.8 Å². The van der Waals surface area contributed by atoms with Crippen molar-refractivity contribution in [3.05, 3.63) is 71.0 Å². The van der Waals surface area contributed by atoms with Gasteiger partial charge in [0.05, 0.1) is 11.1 Å². The van der Waals surface area contributed by atoms with Gasteiger partial charge in [0.2, 0.25) is 0 Å². The van der Waals surface area contributed by atoms with Crippen LogP contribution in [0, 0.1) is 11.7 Å². The van der Waals surface area contributed by atoms with Crippen LogP contribution in [0.25, 0.3) is 0 Å². The van der Waals surface area contributed by atoms with Gasteiger partial charge in [-0.05, 0) is 35.7 Å². The molecule has 1 heterocycles. The zero-order valence-corrected chi connectivity index (χ0v) is 16.3. The number of fused-ring (bicyclic) bond motifs is 1. The Morgan fingerprint density at radius 1 is 1.00 bits per heavy atom. The monoisotopic (exact) mass is 413 g/mol. The van der Waals surface area contributed by atoms with E-state index in [1.807, 2.05) is 0 Å². The number of hydrogen-bond donors (Lipinski definition) is 2. The number of benzene rings is 2. The van der Waals surface area contributed by atoms with Crippen LogP contribution in [0.1, 0.15) is 40.1 Å². The maximum atomic E-state index is 12.9. The SMILES string of the molecule is CC(C)C(NC(=O)NCc1ccc(F)cc1)C(=O)ON1C(=O)c2ccccc2C1=O. The van der Waals surface area contributed by atoms with Crippen LogP contribution >= 0.6 is 0 Å². The van der Waals surface area contributed by atoms with Crippen molar-refractivity contribution >= 4 is 23.8 Å². The molecule has 2 aromatic carbocycles. The van der Waals surface area contributed by atoms with Crippen LogP contribution in [0.3, 0.4) is 0 Å². The molecule has 1 atom stereocenters. The summed E-state index contributed by atoms with van der Waals surface area (Å²) in [7, 11) is 0. The summed E-state index contributed by atoms with van der Waals surface area (Å²) in [5.41, 5.74) is 0.948. The average molecular weight is 413 g/mol. The summed E-state index contributed by atoms with van der Waals surface area (Å²) in [6.45, 7) is 3.47. The molecule has 2 N–H and O–H groups in total. The van der Waals surface area contributed by atoms with Gasteiger partial charge in [-0.15, -0.1) is 0 Å². The average Bonchev–Trinajstić information content (AvgIpc) is 2.96. The van der Waals surface area contributed by atoms with Crippen molar-refractivity contribution in [3.63, 3.8) is 0 Å². The van der Waals surface area contributed by atoms with Crippen LogP contribution in [-0.4, -0.2) is 34.9 Å². The predicted octanol–water partition coefficient (Wildman–Crippen LogP) is 2.40. The van der Waals surface area contributed by atoms with Crippen molar-refractivity contribution in [3.8, 4) is 0 Å². The summed E-state index contributed by atoms with van der Waals surface area (Å²) in [6, 6.07) is 9.93. The molecule has 0 saturated heterocycles. The van der Waals surface area contributed by atoms with E-state index in [2.05, 4.69) is 10.6 Å². The number of nitrogens with one attached hydrogen (secondary N) is 2. The fourth-order valence-corrected chi connectivity index (χ4v) is 2.87. The summed E-state index contributed by atoms with van der Waals surface area (Å²) in [5, 5.41) is 5.43. The fraction of sp³-hybridized carbons (Fsp3) is 0.238. The quantitative estimate of drug-likeness (QED) is 0.708. The molecule has 4 amide bonds. The molecule has 1 unspecified atom stereocenters. The van der Waals surface area contributed by atoms with Crippen molar-refractivity contribution in [2.24, 2.45) is 5.92 Å². The molecule has 0 fully saturated rings. The summed E-state index contributed by atoms with van der Waals surface area (Å²) >= 11 is 0. The third-order valence-corrected chi connectivity index (χ3v) is 4.51. The minimum absolute atomic E-state index is 0.115. The van der Waals surface area contributed by atoms with Gasteiger partial charge < -0.3 is 15.5 Å². The Hall–Kier alpha value is -3.75. The van der Waals surface area contributed by atoms with E-state index in [0.29, 0.717) is 10.6 Å². The Morgan fingerprint density at radius 2 is 1.57 bits per heavy atom. The molecule has 0 aliphatic carbocycles. The first kappa shape index (κ1) is 21.0. The highest BCUT2D eigenvalue weighted by Gasteiger charge is 2.40. The van der Waals surface area contributed by atoms with Gasteiger partial charge in [0.1, 0.15) is 11.9 Å². The first-order valence-corrected chi connectivity index (χ1v) is 9.26. The van der Waals surface area contributed by atoms with Gasteiger partial charge in [0.15, 0.2) is 0 Å². The minimum Gasteiger partial charge on any atom is -0.334 e. The predicted molar refractivity (Wildman–Crippen MR) is 103 cm³/mol. The summed E-state index contributed by atoms with van der Waals surface area (Å²) in [4.78, 5) is 54.5. The zero-order valence-electron chi connectivity index (χ0n) is 16.3. The lowest BCUT2D eigenvalue weighted by atomic mass is 10.1. The molecule has 0 bridgehead atoms. The summed E-state index contributed by atoms with van der Waals surface area (Å²) in [6.07, 6.45) is 0. The molecule has 0 saturated carbocycles. The largest absolute Gasteiger partial charge is 0.355 e. The number of urea groups is 1. The standard InChI is InChI=1S/C21H20FN3O5/c1-12(2)17(24-21(29)23-11-13-7-9-14(22)10-8-13)20(28)30-25-18(26)15-5-3-4-6-16(15)19(25)27/h3-10,12,17H,11H2,1-2H3,(H2,23,24,29). The van der Waals surface area contributed by atoms with Crippen molar-refractivity contribution in [1.82, 2.24) is 15.7 Å². The number of carbonyl (C=O) groups excluding carboxylic acids is 4. The van der Waals surface area contributed by atoms with E-state index in [4.69, 9.17) is 4.84 Å². The topological polar surface area (TPSA) is 105 Å². The van der Waals surface area contributed by atoms with Gasteiger partial charge in [-0.1, -0.05) is 43.2 Å². The second kappa shape index (κ2) is 8.73. The molecule has 0 spiro atoms. The minimum atomic E-state index is -1.11. The molecule has 0 aromatic heterocycles.